The average Bonchev–Trinajstić information content (AvgIpc) is 2.23. The van der Waals surface area contributed by atoms with E-state index in [2.05, 4.69) is 5.32 Å². The van der Waals surface area contributed by atoms with E-state index in [9.17, 15) is 9.18 Å². The minimum absolute atomic E-state index is 0.0634. The Labute approximate surface area is 86.3 Å². The van der Waals surface area contributed by atoms with E-state index in [0.29, 0.717) is 11.4 Å². The zero-order valence-corrected chi connectivity index (χ0v) is 8.03. The molecule has 5 heteroatoms. The number of amides is 1. The van der Waals surface area contributed by atoms with Gasteiger partial charge >= 0.3 is 0 Å². The molecule has 0 aromatic heterocycles. The molecule has 1 aromatic rings. The molecule has 1 heterocycles. The Morgan fingerprint density at radius 1 is 1.53 bits per heavy atom. The van der Waals surface area contributed by atoms with Crippen LogP contribution in [0, 0.1) is 5.82 Å². The van der Waals surface area contributed by atoms with E-state index in [1.807, 2.05) is 0 Å². The van der Waals surface area contributed by atoms with Crippen molar-refractivity contribution in [3.63, 3.8) is 0 Å². The predicted molar refractivity (Wildman–Crippen MR) is 54.3 cm³/mol. The molecule has 1 aromatic carbocycles. The maximum Gasteiger partial charge on any atom is 0.246 e. The summed E-state index contributed by atoms with van der Waals surface area (Å²) in [6.07, 6.45) is 0. The number of carbonyl (C=O) groups excluding carboxylic acids is 1. The van der Waals surface area contributed by atoms with Crippen molar-refractivity contribution >= 4 is 17.3 Å². The highest BCUT2D eigenvalue weighted by atomic mass is 19.1. The van der Waals surface area contributed by atoms with Gasteiger partial charge in [-0.2, -0.15) is 0 Å². The second-order valence-corrected chi connectivity index (χ2v) is 3.26. The maximum atomic E-state index is 13.3. The fourth-order valence-electron chi connectivity index (χ4n) is 1.65. The van der Waals surface area contributed by atoms with Crippen LogP contribution < -0.4 is 10.2 Å². The molecule has 1 aliphatic heterocycles. The van der Waals surface area contributed by atoms with E-state index >= 15 is 0 Å². The fraction of sp³-hybridized carbons (Fsp3) is 0.300. The highest BCUT2D eigenvalue weighted by molar-refractivity contribution is 6.02. The lowest BCUT2D eigenvalue weighted by atomic mass is 10.2. The van der Waals surface area contributed by atoms with E-state index in [4.69, 9.17) is 5.11 Å². The summed E-state index contributed by atoms with van der Waals surface area (Å²) in [5.74, 6) is -0.551. The highest BCUT2D eigenvalue weighted by Gasteiger charge is 2.24. The molecular formula is C10H11FN2O2. The number of hydrogen-bond acceptors (Lipinski definition) is 3. The Morgan fingerprint density at radius 3 is 3.07 bits per heavy atom. The molecule has 4 nitrogen and oxygen atoms in total. The smallest absolute Gasteiger partial charge is 0.246 e. The van der Waals surface area contributed by atoms with Gasteiger partial charge in [-0.25, -0.2) is 4.39 Å². The largest absolute Gasteiger partial charge is 0.395 e. The third-order valence-corrected chi connectivity index (χ3v) is 2.32. The second-order valence-electron chi connectivity index (χ2n) is 3.26. The lowest BCUT2D eigenvalue weighted by Crippen LogP contribution is -2.41. The average molecular weight is 210 g/mol. The first-order valence-corrected chi connectivity index (χ1v) is 4.67. The van der Waals surface area contributed by atoms with Gasteiger partial charge in [-0.1, -0.05) is 6.07 Å². The molecule has 1 amide bonds. The number of nitrogens with one attached hydrogen (secondary N) is 1. The highest BCUT2D eigenvalue weighted by Crippen LogP contribution is 2.31. The SMILES string of the molecule is O=C1CNc2c(F)cccc2N1CCO. The van der Waals surface area contributed by atoms with E-state index in [-0.39, 0.29) is 31.4 Å². The van der Waals surface area contributed by atoms with E-state index in [0.717, 1.165) is 0 Å². The van der Waals surface area contributed by atoms with E-state index in [1.54, 1.807) is 12.1 Å². The van der Waals surface area contributed by atoms with Crippen LogP contribution in [0.3, 0.4) is 0 Å². The molecule has 0 atom stereocenters. The van der Waals surface area contributed by atoms with E-state index in [1.165, 1.54) is 11.0 Å². The number of para-hydroxylation sites is 1. The van der Waals surface area contributed by atoms with E-state index < -0.39 is 0 Å². The number of aliphatic hydroxyl groups is 1. The molecule has 0 bridgehead atoms. The first kappa shape index (κ1) is 9.92. The summed E-state index contributed by atoms with van der Waals surface area (Å²) < 4.78 is 13.3. The Hall–Kier alpha value is -1.62. The summed E-state index contributed by atoms with van der Waals surface area (Å²) in [6, 6.07) is 4.52. The van der Waals surface area contributed by atoms with Crippen molar-refractivity contribution in [3.05, 3.63) is 24.0 Å². The molecule has 80 valence electrons. The van der Waals surface area contributed by atoms with Crippen LogP contribution in [0.1, 0.15) is 0 Å². The number of rotatable bonds is 2. The number of β-amino-alcohol motifs (C(OH)–C–C–N with tert-alkyl or cyclic N) is 1. The summed E-state index contributed by atoms with van der Waals surface area (Å²) in [4.78, 5) is 12.9. The van der Waals surface area contributed by atoms with Gasteiger partial charge in [0.05, 0.1) is 24.5 Å². The van der Waals surface area contributed by atoms with Gasteiger partial charge in [0.1, 0.15) is 5.82 Å². The number of halogens is 1. The molecule has 2 rings (SSSR count). The third-order valence-electron chi connectivity index (χ3n) is 2.32. The topological polar surface area (TPSA) is 52.6 Å². The Balaban J connectivity index is 2.43. The van der Waals surface area contributed by atoms with Crippen molar-refractivity contribution < 1.29 is 14.3 Å². The van der Waals surface area contributed by atoms with Crippen LogP contribution in [0.2, 0.25) is 0 Å². The van der Waals surface area contributed by atoms with Crippen LogP contribution in [0.15, 0.2) is 18.2 Å². The summed E-state index contributed by atoms with van der Waals surface area (Å²) in [6.45, 7) is 0.118. The molecule has 2 N–H and O–H groups in total. The molecule has 0 spiro atoms. The molecule has 0 fully saturated rings. The zero-order chi connectivity index (χ0) is 10.8. The number of fused-ring (bicyclic) bond motifs is 1. The minimum Gasteiger partial charge on any atom is -0.395 e. The maximum absolute atomic E-state index is 13.3. The molecule has 0 radical (unpaired) electrons. The van der Waals surface area contributed by atoms with Crippen LogP contribution in [0.25, 0.3) is 0 Å². The van der Waals surface area contributed by atoms with Gasteiger partial charge in [0.2, 0.25) is 5.91 Å². The standard InChI is InChI=1S/C10H11FN2O2/c11-7-2-1-3-8-10(7)12-6-9(15)13(8)4-5-14/h1-3,12,14H,4-6H2. The predicted octanol–water partition coefficient (Wildman–Crippen LogP) is 0.577. The monoisotopic (exact) mass is 210 g/mol. The Morgan fingerprint density at radius 2 is 2.33 bits per heavy atom. The van der Waals surface area contributed by atoms with Gasteiger partial charge in [0, 0.05) is 6.54 Å². The van der Waals surface area contributed by atoms with Gasteiger partial charge in [-0.3, -0.25) is 4.79 Å². The number of carbonyl (C=O) groups is 1. The fourth-order valence-corrected chi connectivity index (χ4v) is 1.65. The normalized spacial score (nSPS) is 14.8. The van der Waals surface area contributed by atoms with Crippen molar-refractivity contribution in [2.75, 3.05) is 29.9 Å². The lowest BCUT2D eigenvalue weighted by molar-refractivity contribution is -0.117. The molecule has 15 heavy (non-hydrogen) atoms. The first-order chi connectivity index (χ1) is 7.24. The molecule has 1 aliphatic rings. The van der Waals surface area contributed by atoms with Gasteiger partial charge in [0.15, 0.2) is 0 Å². The Kier molecular flexibility index (Phi) is 2.55. The van der Waals surface area contributed by atoms with Crippen LogP contribution in [-0.2, 0) is 4.79 Å². The second kappa shape index (κ2) is 3.86. The molecule has 0 saturated carbocycles. The van der Waals surface area contributed by atoms with Crippen molar-refractivity contribution in [2.45, 2.75) is 0 Å². The Bertz CT molecular complexity index is 395. The van der Waals surface area contributed by atoms with Crippen LogP contribution >= 0.6 is 0 Å². The van der Waals surface area contributed by atoms with Gasteiger partial charge in [0.25, 0.3) is 0 Å². The summed E-state index contributed by atoms with van der Waals surface area (Å²) in [7, 11) is 0. The lowest BCUT2D eigenvalue weighted by Gasteiger charge is -2.29. The first-order valence-electron chi connectivity index (χ1n) is 4.67. The number of aliphatic hydroxyl groups excluding tert-OH is 1. The molecule has 0 aliphatic carbocycles. The number of anilines is 2. The number of benzene rings is 1. The van der Waals surface area contributed by atoms with Gasteiger partial charge < -0.3 is 15.3 Å². The summed E-state index contributed by atoms with van der Waals surface area (Å²) in [5, 5.41) is 11.5. The number of hydrogen-bond donors (Lipinski definition) is 2. The number of nitrogens with zero attached hydrogens (tertiary/aromatic N) is 1. The van der Waals surface area contributed by atoms with Crippen molar-refractivity contribution in [3.8, 4) is 0 Å². The molecule has 0 saturated heterocycles. The third kappa shape index (κ3) is 1.66. The van der Waals surface area contributed by atoms with Crippen LogP contribution in [0.5, 0.6) is 0 Å². The van der Waals surface area contributed by atoms with Crippen molar-refractivity contribution in [1.82, 2.24) is 0 Å². The molecular weight excluding hydrogens is 199 g/mol. The van der Waals surface area contributed by atoms with Gasteiger partial charge in [-0.05, 0) is 12.1 Å². The van der Waals surface area contributed by atoms with Crippen molar-refractivity contribution in [2.24, 2.45) is 0 Å². The van der Waals surface area contributed by atoms with Gasteiger partial charge in [-0.15, -0.1) is 0 Å². The van der Waals surface area contributed by atoms with Crippen LogP contribution in [0.4, 0.5) is 15.8 Å². The zero-order valence-electron chi connectivity index (χ0n) is 8.03. The van der Waals surface area contributed by atoms with Crippen LogP contribution in [-0.4, -0.2) is 30.7 Å². The minimum atomic E-state index is -0.386. The summed E-state index contributed by atoms with van der Waals surface area (Å²) >= 11 is 0. The quantitative estimate of drug-likeness (QED) is 0.750. The molecule has 0 unspecified atom stereocenters. The summed E-state index contributed by atoms with van der Waals surface area (Å²) in [5.41, 5.74) is 0.811. The van der Waals surface area contributed by atoms with Crippen molar-refractivity contribution in [1.29, 1.82) is 0 Å².